The lowest BCUT2D eigenvalue weighted by Crippen LogP contribution is -2.45. The smallest absolute Gasteiger partial charge is 0.254 e. The fourth-order valence-corrected chi connectivity index (χ4v) is 2.85. The number of benzene rings is 1. The molecular formula is C15H19BrFNO2. The zero-order valence-corrected chi connectivity index (χ0v) is 13.0. The highest BCUT2D eigenvalue weighted by atomic mass is 79.9. The maximum atomic E-state index is 13.6. The summed E-state index contributed by atoms with van der Waals surface area (Å²) in [7, 11) is 0. The summed E-state index contributed by atoms with van der Waals surface area (Å²) >= 11 is 3.21. The predicted molar refractivity (Wildman–Crippen MR) is 79.0 cm³/mol. The molecule has 1 amide bonds. The van der Waals surface area contributed by atoms with Crippen LogP contribution in [0.4, 0.5) is 4.39 Å². The number of carbonyl (C=O) groups excluding carboxylic acids is 1. The molecule has 0 radical (unpaired) electrons. The number of amides is 1. The molecule has 20 heavy (non-hydrogen) atoms. The molecule has 110 valence electrons. The molecule has 1 aromatic carbocycles. The number of halogens is 2. The third kappa shape index (κ3) is 3.79. The Bertz CT molecular complexity index is 499. The zero-order chi connectivity index (χ0) is 14.8. The van der Waals surface area contributed by atoms with E-state index in [0.717, 1.165) is 12.8 Å². The maximum Gasteiger partial charge on any atom is 0.254 e. The molecule has 0 spiro atoms. The first kappa shape index (κ1) is 15.4. The summed E-state index contributed by atoms with van der Waals surface area (Å²) in [6, 6.07) is 4.23. The number of hydrogen-bond donors (Lipinski definition) is 2. The molecule has 1 aliphatic carbocycles. The minimum atomic E-state index is -0.856. The van der Waals surface area contributed by atoms with Crippen molar-refractivity contribution in [2.45, 2.75) is 38.2 Å². The van der Waals surface area contributed by atoms with Crippen molar-refractivity contribution in [3.63, 3.8) is 0 Å². The van der Waals surface area contributed by atoms with Crippen LogP contribution >= 0.6 is 15.9 Å². The van der Waals surface area contributed by atoms with Gasteiger partial charge in [0.2, 0.25) is 0 Å². The highest BCUT2D eigenvalue weighted by Crippen LogP contribution is 2.31. The molecule has 0 bridgehead atoms. The van der Waals surface area contributed by atoms with Gasteiger partial charge in [0.1, 0.15) is 5.82 Å². The molecule has 2 rings (SSSR count). The third-order valence-corrected chi connectivity index (χ3v) is 4.45. The Balaban J connectivity index is 1.97. The predicted octanol–water partition coefficient (Wildman–Crippen LogP) is 3.26. The van der Waals surface area contributed by atoms with Gasteiger partial charge in [-0.15, -0.1) is 0 Å². The van der Waals surface area contributed by atoms with Crippen LogP contribution in [0.15, 0.2) is 22.7 Å². The van der Waals surface area contributed by atoms with Crippen LogP contribution in [0.25, 0.3) is 0 Å². The van der Waals surface area contributed by atoms with Crippen molar-refractivity contribution in [2.75, 3.05) is 6.54 Å². The Morgan fingerprint density at radius 2 is 2.15 bits per heavy atom. The van der Waals surface area contributed by atoms with Crippen LogP contribution in [0.5, 0.6) is 0 Å². The second-order valence-corrected chi connectivity index (χ2v) is 6.63. The summed E-state index contributed by atoms with van der Waals surface area (Å²) in [5, 5.41) is 13.0. The van der Waals surface area contributed by atoms with Gasteiger partial charge in [-0.25, -0.2) is 4.39 Å². The third-order valence-electron chi connectivity index (χ3n) is 3.96. The van der Waals surface area contributed by atoms with Gasteiger partial charge < -0.3 is 10.4 Å². The van der Waals surface area contributed by atoms with Gasteiger partial charge >= 0.3 is 0 Å². The minimum absolute atomic E-state index is 0.00727. The molecular weight excluding hydrogens is 325 g/mol. The van der Waals surface area contributed by atoms with Crippen molar-refractivity contribution < 1.29 is 14.3 Å². The highest BCUT2D eigenvalue weighted by Gasteiger charge is 2.32. The second kappa shape index (κ2) is 6.22. The molecule has 0 aromatic heterocycles. The van der Waals surface area contributed by atoms with Crippen LogP contribution in [-0.4, -0.2) is 23.2 Å². The first-order valence-electron chi connectivity index (χ1n) is 6.85. The van der Waals surface area contributed by atoms with Gasteiger partial charge in [-0.2, -0.15) is 0 Å². The van der Waals surface area contributed by atoms with Gasteiger partial charge in [0.05, 0.1) is 11.2 Å². The summed E-state index contributed by atoms with van der Waals surface area (Å²) in [5.74, 6) is -0.431. The molecule has 1 fully saturated rings. The fourth-order valence-electron chi connectivity index (χ4n) is 2.49. The van der Waals surface area contributed by atoms with E-state index in [-0.39, 0.29) is 12.1 Å². The number of hydrogen-bond acceptors (Lipinski definition) is 2. The van der Waals surface area contributed by atoms with E-state index in [2.05, 4.69) is 28.2 Å². The van der Waals surface area contributed by atoms with Gasteiger partial charge in [0, 0.05) is 11.0 Å². The molecule has 5 heteroatoms. The lowest BCUT2D eigenvalue weighted by Gasteiger charge is -2.34. The summed E-state index contributed by atoms with van der Waals surface area (Å²) in [4.78, 5) is 12.0. The van der Waals surface area contributed by atoms with E-state index in [9.17, 15) is 14.3 Å². The van der Waals surface area contributed by atoms with Crippen LogP contribution in [0.2, 0.25) is 0 Å². The van der Waals surface area contributed by atoms with E-state index in [1.807, 2.05) is 0 Å². The Hall–Kier alpha value is -0.940. The topological polar surface area (TPSA) is 49.3 Å². The van der Waals surface area contributed by atoms with Gasteiger partial charge in [-0.3, -0.25) is 4.79 Å². The number of carbonyl (C=O) groups is 1. The standard InChI is InChI=1S/C15H19BrFNO2/c1-10-4-6-15(20,7-5-10)9-18-14(19)12-8-11(16)2-3-13(12)17/h2-3,8,10,20H,4-7,9H2,1H3,(H,18,19). The van der Waals surface area contributed by atoms with Gasteiger partial charge in [-0.1, -0.05) is 22.9 Å². The molecule has 2 N–H and O–H groups in total. The van der Waals surface area contributed by atoms with Crippen molar-refractivity contribution in [3.8, 4) is 0 Å². The average molecular weight is 344 g/mol. The van der Waals surface area contributed by atoms with Crippen LogP contribution < -0.4 is 5.32 Å². The van der Waals surface area contributed by atoms with Gasteiger partial charge in [0.15, 0.2) is 0 Å². The first-order chi connectivity index (χ1) is 9.39. The number of aliphatic hydroxyl groups is 1. The first-order valence-corrected chi connectivity index (χ1v) is 7.64. The van der Waals surface area contributed by atoms with Crippen LogP contribution in [0, 0.1) is 11.7 Å². The van der Waals surface area contributed by atoms with Gasteiger partial charge in [0.25, 0.3) is 5.91 Å². The van der Waals surface area contributed by atoms with Crippen molar-refractivity contribution in [1.82, 2.24) is 5.32 Å². The lowest BCUT2D eigenvalue weighted by atomic mass is 9.79. The highest BCUT2D eigenvalue weighted by molar-refractivity contribution is 9.10. The molecule has 0 saturated heterocycles. The van der Waals surface area contributed by atoms with E-state index in [0.29, 0.717) is 23.2 Å². The van der Waals surface area contributed by atoms with E-state index < -0.39 is 17.3 Å². The Morgan fingerprint density at radius 1 is 1.50 bits per heavy atom. The average Bonchev–Trinajstić information content (AvgIpc) is 2.43. The van der Waals surface area contributed by atoms with Gasteiger partial charge in [-0.05, 0) is 49.8 Å². The van der Waals surface area contributed by atoms with Crippen molar-refractivity contribution >= 4 is 21.8 Å². The van der Waals surface area contributed by atoms with E-state index in [4.69, 9.17) is 0 Å². The summed E-state index contributed by atoms with van der Waals surface area (Å²) in [6.45, 7) is 2.33. The molecule has 0 atom stereocenters. The quantitative estimate of drug-likeness (QED) is 0.884. The molecule has 0 unspecified atom stereocenters. The Morgan fingerprint density at radius 3 is 2.80 bits per heavy atom. The Labute approximate surface area is 126 Å². The lowest BCUT2D eigenvalue weighted by molar-refractivity contribution is -0.00543. The number of nitrogens with one attached hydrogen (secondary N) is 1. The van der Waals surface area contributed by atoms with Crippen molar-refractivity contribution in [2.24, 2.45) is 5.92 Å². The zero-order valence-electron chi connectivity index (χ0n) is 11.5. The second-order valence-electron chi connectivity index (χ2n) is 5.71. The largest absolute Gasteiger partial charge is 0.388 e. The summed E-state index contributed by atoms with van der Waals surface area (Å²) in [5.41, 5.74) is -0.864. The summed E-state index contributed by atoms with van der Waals surface area (Å²) < 4.78 is 14.2. The van der Waals surface area contributed by atoms with Crippen molar-refractivity contribution in [1.29, 1.82) is 0 Å². The number of rotatable bonds is 3. The molecule has 0 heterocycles. The molecule has 3 nitrogen and oxygen atoms in total. The Kier molecular flexibility index (Phi) is 4.81. The molecule has 0 aliphatic heterocycles. The van der Waals surface area contributed by atoms with E-state index >= 15 is 0 Å². The van der Waals surface area contributed by atoms with Crippen LogP contribution in [0.1, 0.15) is 43.0 Å². The van der Waals surface area contributed by atoms with Crippen LogP contribution in [0.3, 0.4) is 0 Å². The van der Waals surface area contributed by atoms with Crippen molar-refractivity contribution in [3.05, 3.63) is 34.1 Å². The minimum Gasteiger partial charge on any atom is -0.388 e. The van der Waals surface area contributed by atoms with E-state index in [1.54, 1.807) is 6.07 Å². The maximum absolute atomic E-state index is 13.6. The summed E-state index contributed by atoms with van der Waals surface area (Å²) in [6.07, 6.45) is 3.26. The monoisotopic (exact) mass is 343 g/mol. The molecule has 1 aliphatic rings. The van der Waals surface area contributed by atoms with Crippen LogP contribution in [-0.2, 0) is 0 Å². The fraction of sp³-hybridized carbons (Fsp3) is 0.533. The normalized spacial score (nSPS) is 26.3. The molecule has 1 aromatic rings. The SMILES string of the molecule is CC1CCC(O)(CNC(=O)c2cc(Br)ccc2F)CC1. The van der Waals surface area contributed by atoms with E-state index in [1.165, 1.54) is 12.1 Å². The molecule has 1 saturated carbocycles.